The zero-order valence-corrected chi connectivity index (χ0v) is 15.7. The second kappa shape index (κ2) is 8.49. The van der Waals surface area contributed by atoms with Gasteiger partial charge >= 0.3 is 53.6 Å². The zero-order chi connectivity index (χ0) is 27.3. The third-order valence-electron chi connectivity index (χ3n) is 3.91. The monoisotopic (exact) mass is 534 g/mol. The second-order valence-electron chi connectivity index (χ2n) is 6.84. The van der Waals surface area contributed by atoms with Crippen molar-refractivity contribution >= 4 is 5.97 Å². The summed E-state index contributed by atoms with van der Waals surface area (Å²) in [7, 11) is 0. The van der Waals surface area contributed by atoms with Crippen molar-refractivity contribution in [3.63, 3.8) is 0 Å². The summed E-state index contributed by atoms with van der Waals surface area (Å²) in [6.45, 7) is 1.39. The molecular formula is C14H11F17O2. The van der Waals surface area contributed by atoms with Crippen LogP contribution in [0, 0.1) is 5.92 Å². The molecule has 0 amide bonds. The lowest BCUT2D eigenvalue weighted by Gasteiger charge is -2.42. The minimum atomic E-state index is -8.73. The molecule has 0 aromatic heterocycles. The maximum Gasteiger partial charge on any atom is 0.460 e. The highest BCUT2D eigenvalue weighted by Crippen LogP contribution is 2.63. The van der Waals surface area contributed by atoms with Crippen molar-refractivity contribution in [2.24, 2.45) is 5.92 Å². The number of halogens is 17. The summed E-state index contributed by atoms with van der Waals surface area (Å²) in [5.74, 6) is -62.3. The lowest BCUT2D eigenvalue weighted by Crippen LogP contribution is -2.75. The van der Waals surface area contributed by atoms with Crippen LogP contribution in [-0.4, -0.2) is 60.2 Å². The summed E-state index contributed by atoms with van der Waals surface area (Å²) < 4.78 is 225. The van der Waals surface area contributed by atoms with Gasteiger partial charge < -0.3 is 4.74 Å². The molecule has 19 heteroatoms. The third kappa shape index (κ3) is 4.51. The largest absolute Gasteiger partial charge is 0.461 e. The van der Waals surface area contributed by atoms with E-state index < -0.39 is 72.5 Å². The van der Waals surface area contributed by atoms with E-state index in [0.717, 1.165) is 0 Å². The topological polar surface area (TPSA) is 26.3 Å². The standard InChI is InChI=1S/C14H11F17O2/c1-5(2)3-4-33-6(32)7(15,16)8(17,18)9(19,20)10(21,22)11(23,24)12(25,26)13(27,28)14(29,30)31/h5H,3-4H2,1-2H3. The van der Waals surface area contributed by atoms with E-state index in [4.69, 9.17) is 0 Å². The third-order valence-corrected chi connectivity index (χ3v) is 3.91. The van der Waals surface area contributed by atoms with Crippen LogP contribution in [0.4, 0.5) is 74.6 Å². The molecule has 0 bridgehead atoms. The molecule has 0 aliphatic heterocycles. The van der Waals surface area contributed by atoms with Gasteiger partial charge in [-0.1, -0.05) is 13.8 Å². The lowest BCUT2D eigenvalue weighted by molar-refractivity contribution is -0.460. The van der Waals surface area contributed by atoms with Crippen molar-refractivity contribution < 1.29 is 84.2 Å². The number of esters is 1. The van der Waals surface area contributed by atoms with E-state index in [2.05, 4.69) is 4.74 Å². The van der Waals surface area contributed by atoms with Crippen LogP contribution in [0.3, 0.4) is 0 Å². The van der Waals surface area contributed by atoms with E-state index in [-0.39, 0.29) is 0 Å². The average Bonchev–Trinajstić information content (AvgIpc) is 2.59. The highest BCUT2D eigenvalue weighted by molar-refractivity contribution is 5.79. The van der Waals surface area contributed by atoms with Crippen LogP contribution >= 0.6 is 0 Å². The Labute approximate surface area is 172 Å². The fourth-order valence-electron chi connectivity index (χ4n) is 1.77. The van der Waals surface area contributed by atoms with Crippen molar-refractivity contribution in [1.82, 2.24) is 0 Å². The number of alkyl halides is 17. The molecule has 0 unspecified atom stereocenters. The second-order valence-corrected chi connectivity index (χ2v) is 6.84. The summed E-state index contributed by atoms with van der Waals surface area (Å²) in [6.07, 6.45) is -8.24. The Morgan fingerprint density at radius 3 is 1.18 bits per heavy atom. The van der Waals surface area contributed by atoms with Gasteiger partial charge in [-0.05, 0) is 12.3 Å². The van der Waals surface area contributed by atoms with Crippen LogP contribution in [0.2, 0.25) is 0 Å². The van der Waals surface area contributed by atoms with Crippen molar-refractivity contribution in [2.75, 3.05) is 6.61 Å². The molecule has 0 aromatic rings. The van der Waals surface area contributed by atoms with Crippen molar-refractivity contribution in [3.05, 3.63) is 0 Å². The van der Waals surface area contributed by atoms with Gasteiger partial charge in [0, 0.05) is 0 Å². The van der Waals surface area contributed by atoms with Gasteiger partial charge in [-0.3, -0.25) is 0 Å². The zero-order valence-electron chi connectivity index (χ0n) is 15.7. The molecule has 33 heavy (non-hydrogen) atoms. The van der Waals surface area contributed by atoms with E-state index in [9.17, 15) is 79.4 Å². The van der Waals surface area contributed by atoms with E-state index in [1.807, 2.05) is 0 Å². The molecule has 0 aliphatic rings. The molecule has 0 fully saturated rings. The molecular weight excluding hydrogens is 523 g/mol. The van der Waals surface area contributed by atoms with E-state index >= 15 is 0 Å². The Hall–Kier alpha value is -1.72. The normalized spacial score (nSPS) is 15.8. The summed E-state index contributed by atoms with van der Waals surface area (Å²) in [4.78, 5) is 11.0. The first kappa shape index (κ1) is 31.3. The predicted molar refractivity (Wildman–Crippen MR) is 71.1 cm³/mol. The van der Waals surface area contributed by atoms with Gasteiger partial charge in [-0.2, -0.15) is 74.6 Å². The fraction of sp³-hybridized carbons (Fsp3) is 0.929. The molecule has 198 valence electrons. The summed E-state index contributed by atoms with van der Waals surface area (Å²) in [6, 6.07) is 0. The van der Waals surface area contributed by atoms with Gasteiger partial charge in [-0.25, -0.2) is 4.79 Å². The number of hydrogen-bond donors (Lipinski definition) is 0. The molecule has 0 atom stereocenters. The van der Waals surface area contributed by atoms with Gasteiger partial charge in [0.1, 0.15) is 0 Å². The average molecular weight is 534 g/mol. The van der Waals surface area contributed by atoms with Crippen molar-refractivity contribution in [2.45, 2.75) is 67.9 Å². The highest BCUT2D eigenvalue weighted by Gasteiger charge is 2.95. The Kier molecular flexibility index (Phi) is 8.05. The molecule has 0 aliphatic carbocycles. The van der Waals surface area contributed by atoms with E-state index in [1.165, 1.54) is 13.8 Å². The molecule has 0 spiro atoms. The van der Waals surface area contributed by atoms with Gasteiger partial charge in [0.05, 0.1) is 6.61 Å². The number of carbonyl (C=O) groups excluding carboxylic acids is 1. The molecule has 0 radical (unpaired) electrons. The van der Waals surface area contributed by atoms with Crippen LogP contribution in [0.25, 0.3) is 0 Å². The van der Waals surface area contributed by atoms with Crippen LogP contribution in [0.5, 0.6) is 0 Å². The quantitative estimate of drug-likeness (QED) is 0.234. The Bertz CT molecular complexity index is 707. The number of hydrogen-bond acceptors (Lipinski definition) is 2. The Morgan fingerprint density at radius 2 is 0.879 bits per heavy atom. The summed E-state index contributed by atoms with van der Waals surface area (Å²) in [5, 5.41) is 0. The number of rotatable bonds is 10. The Balaban J connectivity index is 6.50. The molecule has 0 rings (SSSR count). The lowest BCUT2D eigenvalue weighted by atomic mass is 9.89. The molecule has 0 aromatic carbocycles. The molecule has 0 N–H and O–H groups in total. The van der Waals surface area contributed by atoms with Crippen molar-refractivity contribution in [1.29, 1.82) is 0 Å². The molecule has 2 nitrogen and oxygen atoms in total. The maximum absolute atomic E-state index is 13.5. The predicted octanol–water partition coefficient (Wildman–Crippen LogP) is 6.59. The molecule has 0 heterocycles. The van der Waals surface area contributed by atoms with Gasteiger partial charge in [0.25, 0.3) is 0 Å². The van der Waals surface area contributed by atoms with Crippen LogP contribution in [0.1, 0.15) is 20.3 Å². The van der Waals surface area contributed by atoms with Crippen LogP contribution < -0.4 is 0 Å². The maximum atomic E-state index is 13.5. The molecule has 0 saturated carbocycles. The first-order valence-corrected chi connectivity index (χ1v) is 7.97. The summed E-state index contributed by atoms with van der Waals surface area (Å²) in [5.41, 5.74) is 0. The summed E-state index contributed by atoms with van der Waals surface area (Å²) >= 11 is 0. The Morgan fingerprint density at radius 1 is 0.576 bits per heavy atom. The van der Waals surface area contributed by atoms with Gasteiger partial charge in [0.15, 0.2) is 0 Å². The highest BCUT2D eigenvalue weighted by atomic mass is 19.4. The number of ether oxygens (including phenoxy) is 1. The SMILES string of the molecule is CC(C)CCOC(=O)C(F)(F)C(F)(F)C(F)(F)C(F)(F)C(F)(F)C(F)(F)C(F)(F)C(F)(F)F. The number of carbonyl (C=O) groups is 1. The fourth-order valence-corrected chi connectivity index (χ4v) is 1.77. The smallest absolute Gasteiger partial charge is 0.460 e. The van der Waals surface area contributed by atoms with E-state index in [1.54, 1.807) is 0 Å². The van der Waals surface area contributed by atoms with Crippen LogP contribution in [0.15, 0.2) is 0 Å². The van der Waals surface area contributed by atoms with Crippen molar-refractivity contribution in [3.8, 4) is 0 Å². The van der Waals surface area contributed by atoms with Gasteiger partial charge in [-0.15, -0.1) is 0 Å². The van der Waals surface area contributed by atoms with Crippen LogP contribution in [-0.2, 0) is 9.53 Å². The van der Waals surface area contributed by atoms with E-state index in [0.29, 0.717) is 0 Å². The minimum absolute atomic E-state index is 0.420. The first-order chi connectivity index (χ1) is 14.1. The minimum Gasteiger partial charge on any atom is -0.461 e. The first-order valence-electron chi connectivity index (χ1n) is 7.97. The van der Waals surface area contributed by atoms with Gasteiger partial charge in [0.2, 0.25) is 0 Å². The molecule has 0 saturated heterocycles.